The SMILES string of the molecule is NCc1cc(-c2ccccc2)ccc1Sc1ccccc1C=O. The minimum Gasteiger partial charge on any atom is -0.326 e. The molecule has 0 saturated carbocycles. The fourth-order valence-corrected chi connectivity index (χ4v) is 3.46. The number of benzene rings is 3. The maximum atomic E-state index is 11.2. The molecule has 0 heterocycles. The van der Waals surface area contributed by atoms with Crippen LogP contribution < -0.4 is 5.73 Å². The van der Waals surface area contributed by atoms with E-state index in [1.165, 1.54) is 5.56 Å². The minimum absolute atomic E-state index is 0.465. The average molecular weight is 319 g/mol. The molecule has 0 spiro atoms. The lowest BCUT2D eigenvalue weighted by atomic mass is 10.0. The molecule has 23 heavy (non-hydrogen) atoms. The van der Waals surface area contributed by atoms with Gasteiger partial charge in [0.1, 0.15) is 0 Å². The Morgan fingerprint density at radius 1 is 0.826 bits per heavy atom. The summed E-state index contributed by atoms with van der Waals surface area (Å²) in [7, 11) is 0. The molecule has 3 heteroatoms. The van der Waals surface area contributed by atoms with Gasteiger partial charge in [0, 0.05) is 21.9 Å². The maximum absolute atomic E-state index is 11.2. The zero-order valence-electron chi connectivity index (χ0n) is 12.6. The Labute approximate surface area is 140 Å². The molecule has 114 valence electrons. The first-order chi connectivity index (χ1) is 11.3. The summed E-state index contributed by atoms with van der Waals surface area (Å²) in [5, 5.41) is 0. The highest BCUT2D eigenvalue weighted by molar-refractivity contribution is 7.99. The third-order valence-corrected chi connectivity index (χ3v) is 4.86. The zero-order chi connectivity index (χ0) is 16.1. The van der Waals surface area contributed by atoms with E-state index in [4.69, 9.17) is 5.73 Å². The quantitative estimate of drug-likeness (QED) is 0.688. The van der Waals surface area contributed by atoms with Gasteiger partial charge in [-0.3, -0.25) is 4.79 Å². The molecule has 2 nitrogen and oxygen atoms in total. The second kappa shape index (κ2) is 7.27. The van der Waals surface area contributed by atoms with Crippen LogP contribution in [0.4, 0.5) is 0 Å². The van der Waals surface area contributed by atoms with Crippen LogP contribution in [0.15, 0.2) is 82.6 Å². The van der Waals surface area contributed by atoms with E-state index in [1.807, 2.05) is 42.5 Å². The summed E-state index contributed by atoms with van der Waals surface area (Å²) in [5.74, 6) is 0. The molecule has 0 aliphatic carbocycles. The number of aldehydes is 1. The lowest BCUT2D eigenvalue weighted by molar-refractivity contribution is 0.112. The van der Waals surface area contributed by atoms with Gasteiger partial charge in [-0.2, -0.15) is 0 Å². The summed E-state index contributed by atoms with van der Waals surface area (Å²) in [6, 6.07) is 24.1. The first-order valence-electron chi connectivity index (χ1n) is 7.42. The molecular formula is C20H17NOS. The van der Waals surface area contributed by atoms with Crippen LogP contribution in [0.1, 0.15) is 15.9 Å². The highest BCUT2D eigenvalue weighted by Crippen LogP contribution is 2.34. The van der Waals surface area contributed by atoms with Crippen LogP contribution in [0, 0.1) is 0 Å². The predicted molar refractivity (Wildman–Crippen MR) is 95.7 cm³/mol. The van der Waals surface area contributed by atoms with Crippen LogP contribution in [0.5, 0.6) is 0 Å². The van der Waals surface area contributed by atoms with Crippen LogP contribution in [0.25, 0.3) is 11.1 Å². The number of rotatable bonds is 5. The lowest BCUT2D eigenvalue weighted by Crippen LogP contribution is -1.99. The van der Waals surface area contributed by atoms with E-state index in [2.05, 4.69) is 30.3 Å². The molecule has 3 rings (SSSR count). The van der Waals surface area contributed by atoms with Crippen LogP contribution in [-0.4, -0.2) is 6.29 Å². The molecule has 0 aliphatic rings. The van der Waals surface area contributed by atoms with Crippen molar-refractivity contribution in [2.24, 2.45) is 5.73 Å². The molecule has 0 radical (unpaired) electrons. The van der Waals surface area contributed by atoms with E-state index < -0.39 is 0 Å². The van der Waals surface area contributed by atoms with E-state index in [1.54, 1.807) is 11.8 Å². The van der Waals surface area contributed by atoms with E-state index >= 15 is 0 Å². The number of carbonyl (C=O) groups is 1. The third kappa shape index (κ3) is 3.52. The molecule has 0 aliphatic heterocycles. The van der Waals surface area contributed by atoms with E-state index in [0.717, 1.165) is 27.2 Å². The van der Waals surface area contributed by atoms with Gasteiger partial charge in [0.25, 0.3) is 0 Å². The van der Waals surface area contributed by atoms with Gasteiger partial charge in [-0.05, 0) is 34.9 Å². The molecule has 3 aromatic rings. The van der Waals surface area contributed by atoms with Crippen LogP contribution in [0.3, 0.4) is 0 Å². The summed E-state index contributed by atoms with van der Waals surface area (Å²) in [6.45, 7) is 0.465. The third-order valence-electron chi connectivity index (χ3n) is 3.65. The standard InChI is InChI=1S/C20H17NOS/c21-13-18-12-16(15-6-2-1-3-7-15)10-11-20(18)23-19-9-5-4-8-17(19)14-22/h1-12,14H,13,21H2. The summed E-state index contributed by atoms with van der Waals surface area (Å²) in [5.41, 5.74) is 10.0. The molecule has 0 unspecified atom stereocenters. The van der Waals surface area contributed by atoms with Crippen molar-refractivity contribution in [3.05, 3.63) is 83.9 Å². The number of nitrogens with two attached hydrogens (primary N) is 1. The molecule has 0 aromatic heterocycles. The van der Waals surface area contributed by atoms with Gasteiger partial charge in [0.15, 0.2) is 6.29 Å². The van der Waals surface area contributed by atoms with Crippen molar-refractivity contribution in [3.63, 3.8) is 0 Å². The summed E-state index contributed by atoms with van der Waals surface area (Å²) >= 11 is 1.58. The Balaban J connectivity index is 1.96. The highest BCUT2D eigenvalue weighted by atomic mass is 32.2. The first kappa shape index (κ1) is 15.5. The topological polar surface area (TPSA) is 43.1 Å². The Morgan fingerprint density at radius 2 is 1.57 bits per heavy atom. The van der Waals surface area contributed by atoms with Crippen molar-refractivity contribution < 1.29 is 4.79 Å². The first-order valence-corrected chi connectivity index (χ1v) is 8.24. The molecule has 3 aromatic carbocycles. The van der Waals surface area contributed by atoms with Gasteiger partial charge >= 0.3 is 0 Å². The number of carbonyl (C=O) groups excluding carboxylic acids is 1. The lowest BCUT2D eigenvalue weighted by Gasteiger charge is -2.11. The molecule has 0 amide bonds. The van der Waals surface area contributed by atoms with Gasteiger partial charge in [-0.15, -0.1) is 0 Å². The largest absolute Gasteiger partial charge is 0.326 e. The number of hydrogen-bond acceptors (Lipinski definition) is 3. The van der Waals surface area contributed by atoms with E-state index in [-0.39, 0.29) is 0 Å². The van der Waals surface area contributed by atoms with E-state index in [0.29, 0.717) is 12.1 Å². The van der Waals surface area contributed by atoms with Gasteiger partial charge in [-0.1, -0.05) is 66.4 Å². The van der Waals surface area contributed by atoms with Gasteiger partial charge in [0.05, 0.1) is 0 Å². The van der Waals surface area contributed by atoms with Crippen molar-refractivity contribution in [1.82, 2.24) is 0 Å². The van der Waals surface area contributed by atoms with Crippen molar-refractivity contribution >= 4 is 18.0 Å². The highest BCUT2D eigenvalue weighted by Gasteiger charge is 2.08. The molecule has 0 saturated heterocycles. The maximum Gasteiger partial charge on any atom is 0.151 e. The predicted octanol–water partition coefficient (Wildman–Crippen LogP) is 4.78. The Kier molecular flexibility index (Phi) is 4.91. The van der Waals surface area contributed by atoms with Gasteiger partial charge in [-0.25, -0.2) is 0 Å². The second-order valence-corrected chi connectivity index (χ2v) is 6.23. The number of hydrogen-bond donors (Lipinski definition) is 1. The fourth-order valence-electron chi connectivity index (χ4n) is 2.44. The van der Waals surface area contributed by atoms with E-state index in [9.17, 15) is 4.79 Å². The molecular weight excluding hydrogens is 302 g/mol. The minimum atomic E-state index is 0.465. The Bertz CT molecular complexity index is 815. The van der Waals surface area contributed by atoms with Crippen molar-refractivity contribution in [1.29, 1.82) is 0 Å². The van der Waals surface area contributed by atoms with Gasteiger partial charge in [0.2, 0.25) is 0 Å². The second-order valence-electron chi connectivity index (χ2n) is 5.15. The van der Waals surface area contributed by atoms with Crippen LogP contribution in [-0.2, 0) is 6.54 Å². The van der Waals surface area contributed by atoms with Crippen LogP contribution in [0.2, 0.25) is 0 Å². The van der Waals surface area contributed by atoms with Crippen molar-refractivity contribution in [2.75, 3.05) is 0 Å². The monoisotopic (exact) mass is 319 g/mol. The molecule has 0 atom stereocenters. The fraction of sp³-hybridized carbons (Fsp3) is 0.0500. The Hall–Kier alpha value is -2.36. The molecule has 2 N–H and O–H groups in total. The van der Waals surface area contributed by atoms with Crippen LogP contribution >= 0.6 is 11.8 Å². The molecule has 0 fully saturated rings. The van der Waals surface area contributed by atoms with Gasteiger partial charge < -0.3 is 5.73 Å². The average Bonchev–Trinajstić information content (AvgIpc) is 2.63. The van der Waals surface area contributed by atoms with Crippen molar-refractivity contribution in [3.8, 4) is 11.1 Å². The van der Waals surface area contributed by atoms with Crippen molar-refractivity contribution in [2.45, 2.75) is 16.3 Å². The normalized spacial score (nSPS) is 10.5. The summed E-state index contributed by atoms with van der Waals surface area (Å²) in [6.07, 6.45) is 0.892. The Morgan fingerprint density at radius 3 is 2.30 bits per heavy atom. The zero-order valence-corrected chi connectivity index (χ0v) is 13.4. The summed E-state index contributed by atoms with van der Waals surface area (Å²) < 4.78 is 0. The molecule has 0 bridgehead atoms. The summed E-state index contributed by atoms with van der Waals surface area (Å²) in [4.78, 5) is 13.2. The smallest absolute Gasteiger partial charge is 0.151 e.